The predicted molar refractivity (Wildman–Crippen MR) is 77.2 cm³/mol. The highest BCUT2D eigenvalue weighted by Gasteiger charge is 2.14. The molecule has 1 aromatic carbocycles. The van der Waals surface area contributed by atoms with Crippen molar-refractivity contribution < 1.29 is 18.3 Å². The summed E-state index contributed by atoms with van der Waals surface area (Å²) < 4.78 is 30.5. The Morgan fingerprint density at radius 1 is 1.22 bits per heavy atom. The first kappa shape index (κ1) is 14.9. The minimum atomic E-state index is -2.92. The molecule has 118 valence electrons. The third-order valence-electron chi connectivity index (χ3n) is 3.18. The number of amides is 1. The summed E-state index contributed by atoms with van der Waals surface area (Å²) in [6.07, 6.45) is 2.96. The zero-order chi connectivity index (χ0) is 16.2. The van der Waals surface area contributed by atoms with Gasteiger partial charge in [0.25, 0.3) is 5.91 Å². The van der Waals surface area contributed by atoms with Crippen molar-refractivity contribution in [1.29, 1.82) is 0 Å². The Hall–Kier alpha value is -3.03. The zero-order valence-electron chi connectivity index (χ0n) is 11.8. The molecule has 0 atom stereocenters. The van der Waals surface area contributed by atoms with Crippen molar-refractivity contribution in [2.24, 2.45) is 0 Å². The van der Waals surface area contributed by atoms with Crippen LogP contribution >= 0.6 is 0 Å². The quantitative estimate of drug-likeness (QED) is 0.783. The Balaban J connectivity index is 1.75. The molecule has 0 fully saturated rings. The van der Waals surface area contributed by atoms with Crippen molar-refractivity contribution >= 4 is 11.4 Å². The van der Waals surface area contributed by atoms with Crippen molar-refractivity contribution in [3.8, 4) is 5.75 Å². The molecular weight excluding hydrogens is 306 g/mol. The molecule has 0 bridgehead atoms. The van der Waals surface area contributed by atoms with Gasteiger partial charge in [0, 0.05) is 18.3 Å². The van der Waals surface area contributed by atoms with E-state index < -0.39 is 6.61 Å². The van der Waals surface area contributed by atoms with Gasteiger partial charge in [-0.05, 0) is 18.2 Å². The van der Waals surface area contributed by atoms with Gasteiger partial charge in [0.15, 0.2) is 0 Å². The third-order valence-corrected chi connectivity index (χ3v) is 3.18. The van der Waals surface area contributed by atoms with E-state index >= 15 is 0 Å². The Bertz CT molecular complexity index is 835. The molecule has 3 aromatic rings. The maximum absolute atomic E-state index is 12.4. The molecule has 6 nitrogen and oxygen atoms in total. The second-order valence-electron chi connectivity index (χ2n) is 4.63. The van der Waals surface area contributed by atoms with Crippen LogP contribution in [0.15, 0.2) is 48.8 Å². The number of halogens is 2. The van der Waals surface area contributed by atoms with Crippen LogP contribution in [-0.2, 0) is 6.54 Å². The molecule has 0 aliphatic heterocycles. The predicted octanol–water partition coefficient (Wildman–Crippen LogP) is 2.26. The van der Waals surface area contributed by atoms with Gasteiger partial charge in [-0.25, -0.2) is 0 Å². The van der Waals surface area contributed by atoms with E-state index in [1.807, 2.05) is 0 Å². The summed E-state index contributed by atoms with van der Waals surface area (Å²) in [5.41, 5.74) is 1.36. The first-order chi connectivity index (χ1) is 11.1. The van der Waals surface area contributed by atoms with Crippen LogP contribution < -0.4 is 10.1 Å². The molecule has 2 heterocycles. The van der Waals surface area contributed by atoms with Crippen molar-refractivity contribution in [1.82, 2.24) is 20.1 Å². The van der Waals surface area contributed by atoms with Crippen LogP contribution in [0.2, 0.25) is 0 Å². The maximum atomic E-state index is 12.4. The van der Waals surface area contributed by atoms with Gasteiger partial charge in [-0.3, -0.25) is 4.79 Å². The average molecular weight is 318 g/mol. The highest BCUT2D eigenvalue weighted by Crippen LogP contribution is 2.20. The summed E-state index contributed by atoms with van der Waals surface area (Å²) in [6.45, 7) is -2.86. The topological polar surface area (TPSA) is 68.5 Å². The van der Waals surface area contributed by atoms with Gasteiger partial charge in [-0.15, -0.1) is 0 Å². The number of rotatable bonds is 5. The van der Waals surface area contributed by atoms with Gasteiger partial charge in [0.2, 0.25) is 0 Å². The molecule has 0 saturated carbocycles. The van der Waals surface area contributed by atoms with Crippen LogP contribution in [0.1, 0.15) is 15.9 Å². The second kappa shape index (κ2) is 6.39. The fourth-order valence-corrected chi connectivity index (χ4v) is 2.14. The number of hydrogen-bond donors (Lipinski definition) is 1. The molecule has 3 rings (SSSR count). The lowest BCUT2D eigenvalue weighted by molar-refractivity contribution is -0.0504. The fourth-order valence-electron chi connectivity index (χ4n) is 2.14. The molecule has 0 saturated heterocycles. The largest absolute Gasteiger partial charge is 0.434 e. The molecule has 1 amide bonds. The smallest absolute Gasteiger partial charge is 0.387 e. The average Bonchev–Trinajstić information content (AvgIpc) is 2.97. The van der Waals surface area contributed by atoms with Crippen LogP contribution in [-0.4, -0.2) is 27.3 Å². The minimum Gasteiger partial charge on any atom is -0.434 e. The fraction of sp³-hybridized carbons (Fsp3) is 0.133. The third kappa shape index (κ3) is 3.25. The Kier molecular flexibility index (Phi) is 4.13. The van der Waals surface area contributed by atoms with Gasteiger partial charge >= 0.3 is 6.61 Å². The van der Waals surface area contributed by atoms with Crippen LogP contribution in [0.4, 0.5) is 8.78 Å². The number of hydrogen-bond acceptors (Lipinski definition) is 4. The number of carbonyl (C=O) groups excluding carboxylic acids is 1. The van der Waals surface area contributed by atoms with Gasteiger partial charge in [-0.1, -0.05) is 18.2 Å². The SMILES string of the molecule is O=C(NCc1ccccc1OC(F)F)c1cnn2ncccc12. The molecule has 2 aromatic heterocycles. The lowest BCUT2D eigenvalue weighted by Crippen LogP contribution is -2.23. The number of aromatic nitrogens is 3. The summed E-state index contributed by atoms with van der Waals surface area (Å²) in [7, 11) is 0. The number of nitrogens with one attached hydrogen (secondary N) is 1. The Labute approximate surface area is 129 Å². The van der Waals surface area contributed by atoms with E-state index in [9.17, 15) is 13.6 Å². The summed E-state index contributed by atoms with van der Waals surface area (Å²) in [5, 5.41) is 10.6. The zero-order valence-corrected chi connectivity index (χ0v) is 11.8. The molecule has 0 radical (unpaired) electrons. The molecule has 0 spiro atoms. The van der Waals surface area contributed by atoms with E-state index in [1.165, 1.54) is 16.9 Å². The van der Waals surface area contributed by atoms with Crippen molar-refractivity contribution in [3.05, 3.63) is 59.9 Å². The van der Waals surface area contributed by atoms with E-state index in [4.69, 9.17) is 0 Å². The van der Waals surface area contributed by atoms with Crippen molar-refractivity contribution in [2.45, 2.75) is 13.2 Å². The molecule has 8 heteroatoms. The second-order valence-corrected chi connectivity index (χ2v) is 4.63. The molecule has 0 unspecified atom stereocenters. The van der Waals surface area contributed by atoms with Crippen LogP contribution in [0.3, 0.4) is 0 Å². The van der Waals surface area contributed by atoms with E-state index in [0.717, 1.165) is 0 Å². The van der Waals surface area contributed by atoms with E-state index in [1.54, 1.807) is 36.5 Å². The minimum absolute atomic E-state index is 0.0318. The molecule has 1 N–H and O–H groups in total. The van der Waals surface area contributed by atoms with Crippen molar-refractivity contribution in [3.63, 3.8) is 0 Å². The van der Waals surface area contributed by atoms with E-state index in [2.05, 4.69) is 20.3 Å². The molecule has 0 aliphatic rings. The number of carbonyl (C=O) groups is 1. The lowest BCUT2D eigenvalue weighted by Gasteiger charge is -2.11. The normalized spacial score (nSPS) is 10.9. The number of benzene rings is 1. The molecule has 23 heavy (non-hydrogen) atoms. The number of fused-ring (bicyclic) bond motifs is 1. The number of ether oxygens (including phenoxy) is 1. The Morgan fingerprint density at radius 2 is 2.04 bits per heavy atom. The lowest BCUT2D eigenvalue weighted by atomic mass is 10.2. The van der Waals surface area contributed by atoms with Crippen LogP contribution in [0, 0.1) is 0 Å². The van der Waals surface area contributed by atoms with Crippen LogP contribution in [0.25, 0.3) is 5.52 Å². The number of nitrogens with zero attached hydrogens (tertiary/aromatic N) is 3. The molecule has 0 aliphatic carbocycles. The molecular formula is C15H12F2N4O2. The van der Waals surface area contributed by atoms with Gasteiger partial charge in [0.1, 0.15) is 11.3 Å². The summed E-state index contributed by atoms with van der Waals surface area (Å²) in [5.74, 6) is -0.343. The van der Waals surface area contributed by atoms with E-state index in [0.29, 0.717) is 16.6 Å². The van der Waals surface area contributed by atoms with E-state index in [-0.39, 0.29) is 18.2 Å². The maximum Gasteiger partial charge on any atom is 0.387 e. The van der Waals surface area contributed by atoms with Crippen molar-refractivity contribution in [2.75, 3.05) is 0 Å². The monoisotopic (exact) mass is 318 g/mol. The summed E-state index contributed by atoms with van der Waals surface area (Å²) in [4.78, 5) is 12.2. The van der Waals surface area contributed by atoms with Gasteiger partial charge in [0.05, 0.1) is 11.8 Å². The standard InChI is InChI=1S/C15H12F2N4O2/c16-15(17)23-13-6-2-1-4-10(13)8-18-14(22)11-9-20-21-12(11)5-3-7-19-21/h1-7,9,15H,8H2,(H,18,22). The highest BCUT2D eigenvalue weighted by molar-refractivity contribution is 6.00. The van der Waals surface area contributed by atoms with Crippen LogP contribution in [0.5, 0.6) is 5.75 Å². The summed E-state index contributed by atoms with van der Waals surface area (Å²) in [6, 6.07) is 9.70. The summed E-state index contributed by atoms with van der Waals surface area (Å²) >= 11 is 0. The first-order valence-corrected chi connectivity index (χ1v) is 6.75. The highest BCUT2D eigenvalue weighted by atomic mass is 19.3. The number of alkyl halides is 2. The van der Waals surface area contributed by atoms with Gasteiger partial charge < -0.3 is 10.1 Å². The Morgan fingerprint density at radius 3 is 2.87 bits per heavy atom. The first-order valence-electron chi connectivity index (χ1n) is 6.75. The number of para-hydroxylation sites is 1. The van der Waals surface area contributed by atoms with Gasteiger partial charge in [-0.2, -0.15) is 23.6 Å².